The van der Waals surface area contributed by atoms with Crippen molar-refractivity contribution in [3.63, 3.8) is 0 Å². The van der Waals surface area contributed by atoms with Crippen LogP contribution >= 0.6 is 0 Å². The molecule has 0 radical (unpaired) electrons. The monoisotopic (exact) mass is 249 g/mol. The highest BCUT2D eigenvalue weighted by Crippen LogP contribution is 2.17. The Labute approximate surface area is 107 Å². The van der Waals surface area contributed by atoms with Crippen molar-refractivity contribution >= 4 is 17.3 Å². The van der Waals surface area contributed by atoms with Crippen LogP contribution < -0.4 is 11.1 Å². The fourth-order valence-electron chi connectivity index (χ4n) is 1.94. The summed E-state index contributed by atoms with van der Waals surface area (Å²) < 4.78 is 0. The van der Waals surface area contributed by atoms with Crippen LogP contribution in [0.4, 0.5) is 11.4 Å². The summed E-state index contributed by atoms with van der Waals surface area (Å²) in [5.74, 6) is -0.00151. The molecular formula is C13H19N3O2. The molecule has 3 N–H and O–H groups in total. The van der Waals surface area contributed by atoms with E-state index in [0.717, 1.165) is 30.8 Å². The molecular weight excluding hydrogens is 230 g/mol. The van der Waals surface area contributed by atoms with E-state index in [9.17, 15) is 4.79 Å². The van der Waals surface area contributed by atoms with E-state index in [4.69, 9.17) is 10.6 Å². The standard InChI is InChI=1S/C13H19N3O2/c1-10-9-11(14)3-4-12(10)15-13(17)5-7-16-6-2-8-18-16/h3-4,9H,2,5-8,14H2,1H3,(H,15,17). The van der Waals surface area contributed by atoms with Crippen LogP contribution in [0.2, 0.25) is 0 Å². The van der Waals surface area contributed by atoms with E-state index in [-0.39, 0.29) is 5.91 Å². The van der Waals surface area contributed by atoms with Gasteiger partial charge in [-0.05, 0) is 37.1 Å². The van der Waals surface area contributed by atoms with Gasteiger partial charge >= 0.3 is 0 Å². The maximum atomic E-state index is 11.8. The molecule has 1 amide bonds. The van der Waals surface area contributed by atoms with Crippen molar-refractivity contribution in [3.8, 4) is 0 Å². The van der Waals surface area contributed by atoms with E-state index >= 15 is 0 Å². The van der Waals surface area contributed by atoms with Gasteiger partial charge in [-0.15, -0.1) is 0 Å². The summed E-state index contributed by atoms with van der Waals surface area (Å²) in [6, 6.07) is 5.46. The van der Waals surface area contributed by atoms with E-state index in [1.54, 1.807) is 6.07 Å². The predicted octanol–water partition coefficient (Wildman–Crippen LogP) is 1.54. The minimum absolute atomic E-state index is 0.00151. The van der Waals surface area contributed by atoms with Crippen LogP contribution in [0.1, 0.15) is 18.4 Å². The number of hydrogen-bond donors (Lipinski definition) is 2. The summed E-state index contributed by atoms with van der Waals surface area (Å²) in [4.78, 5) is 17.1. The summed E-state index contributed by atoms with van der Waals surface area (Å²) in [7, 11) is 0. The molecule has 0 unspecified atom stereocenters. The molecule has 0 spiro atoms. The number of benzene rings is 1. The van der Waals surface area contributed by atoms with Crippen molar-refractivity contribution in [2.45, 2.75) is 19.8 Å². The molecule has 0 atom stereocenters. The summed E-state index contributed by atoms with van der Waals surface area (Å²) in [5, 5.41) is 4.73. The van der Waals surface area contributed by atoms with Crippen LogP contribution in [0.3, 0.4) is 0 Å². The van der Waals surface area contributed by atoms with Gasteiger partial charge in [0, 0.05) is 30.9 Å². The number of amides is 1. The lowest BCUT2D eigenvalue weighted by molar-refractivity contribution is -0.126. The van der Waals surface area contributed by atoms with Crippen molar-refractivity contribution in [1.29, 1.82) is 0 Å². The number of rotatable bonds is 4. The zero-order valence-electron chi connectivity index (χ0n) is 10.6. The molecule has 98 valence electrons. The van der Waals surface area contributed by atoms with Gasteiger partial charge in [-0.2, -0.15) is 5.06 Å². The second-order valence-corrected chi connectivity index (χ2v) is 4.49. The number of nitrogens with one attached hydrogen (secondary N) is 1. The van der Waals surface area contributed by atoms with E-state index in [1.165, 1.54) is 0 Å². The molecule has 1 aliphatic rings. The number of hydroxylamine groups is 2. The zero-order valence-corrected chi connectivity index (χ0v) is 10.6. The fraction of sp³-hybridized carbons (Fsp3) is 0.462. The van der Waals surface area contributed by atoms with Gasteiger partial charge in [0.25, 0.3) is 0 Å². The average Bonchev–Trinajstić information content (AvgIpc) is 2.83. The second kappa shape index (κ2) is 5.84. The molecule has 1 heterocycles. The topological polar surface area (TPSA) is 67.6 Å². The van der Waals surface area contributed by atoms with Gasteiger partial charge in [0.05, 0.1) is 6.61 Å². The Morgan fingerprint density at radius 1 is 1.56 bits per heavy atom. The van der Waals surface area contributed by atoms with E-state index in [1.807, 2.05) is 24.1 Å². The molecule has 0 aromatic heterocycles. The maximum absolute atomic E-state index is 11.8. The summed E-state index contributed by atoms with van der Waals surface area (Å²) in [6.07, 6.45) is 1.47. The highest BCUT2D eigenvalue weighted by molar-refractivity contribution is 5.91. The van der Waals surface area contributed by atoms with Crippen molar-refractivity contribution < 1.29 is 9.63 Å². The van der Waals surface area contributed by atoms with Crippen molar-refractivity contribution in [2.75, 3.05) is 30.7 Å². The third-order valence-electron chi connectivity index (χ3n) is 2.94. The van der Waals surface area contributed by atoms with Crippen LogP contribution in [-0.2, 0) is 9.63 Å². The van der Waals surface area contributed by atoms with E-state index in [0.29, 0.717) is 18.7 Å². The fourth-order valence-corrected chi connectivity index (χ4v) is 1.94. The Morgan fingerprint density at radius 2 is 2.39 bits per heavy atom. The molecule has 5 heteroatoms. The van der Waals surface area contributed by atoms with Gasteiger partial charge in [0.1, 0.15) is 0 Å². The quantitative estimate of drug-likeness (QED) is 0.794. The number of carbonyl (C=O) groups is 1. The molecule has 1 fully saturated rings. The molecule has 2 rings (SSSR count). The summed E-state index contributed by atoms with van der Waals surface area (Å²) in [6.45, 7) is 4.24. The van der Waals surface area contributed by atoms with Crippen LogP contribution in [0.5, 0.6) is 0 Å². The first kappa shape index (κ1) is 12.9. The Kier molecular flexibility index (Phi) is 4.17. The van der Waals surface area contributed by atoms with Gasteiger partial charge < -0.3 is 11.1 Å². The lowest BCUT2D eigenvalue weighted by Crippen LogP contribution is -2.24. The number of nitrogens with zero attached hydrogens (tertiary/aromatic N) is 1. The van der Waals surface area contributed by atoms with Gasteiger partial charge in [-0.25, -0.2) is 0 Å². The third kappa shape index (κ3) is 3.45. The number of nitrogens with two attached hydrogens (primary N) is 1. The first-order valence-electron chi connectivity index (χ1n) is 6.19. The van der Waals surface area contributed by atoms with Gasteiger partial charge in [0.2, 0.25) is 5.91 Å². The smallest absolute Gasteiger partial charge is 0.225 e. The third-order valence-corrected chi connectivity index (χ3v) is 2.94. The Hall–Kier alpha value is -1.59. The number of hydrogen-bond acceptors (Lipinski definition) is 4. The molecule has 1 aliphatic heterocycles. The van der Waals surface area contributed by atoms with Gasteiger partial charge in [-0.3, -0.25) is 9.63 Å². The van der Waals surface area contributed by atoms with Crippen molar-refractivity contribution in [1.82, 2.24) is 5.06 Å². The molecule has 18 heavy (non-hydrogen) atoms. The number of nitrogen functional groups attached to an aromatic ring is 1. The van der Waals surface area contributed by atoms with E-state index in [2.05, 4.69) is 5.32 Å². The lowest BCUT2D eigenvalue weighted by atomic mass is 10.2. The highest BCUT2D eigenvalue weighted by Gasteiger charge is 2.14. The second-order valence-electron chi connectivity index (χ2n) is 4.49. The first-order chi connectivity index (χ1) is 8.65. The normalized spacial score (nSPS) is 15.8. The van der Waals surface area contributed by atoms with Crippen molar-refractivity contribution in [3.05, 3.63) is 23.8 Å². The molecule has 1 aromatic carbocycles. The molecule has 0 saturated carbocycles. The summed E-state index contributed by atoms with van der Waals surface area (Å²) in [5.41, 5.74) is 8.16. The van der Waals surface area contributed by atoms with E-state index < -0.39 is 0 Å². The number of aryl methyl sites for hydroxylation is 1. The Morgan fingerprint density at radius 3 is 3.06 bits per heavy atom. The largest absolute Gasteiger partial charge is 0.399 e. The molecule has 5 nitrogen and oxygen atoms in total. The first-order valence-corrected chi connectivity index (χ1v) is 6.19. The lowest BCUT2D eigenvalue weighted by Gasteiger charge is -2.13. The Balaban J connectivity index is 1.82. The SMILES string of the molecule is Cc1cc(N)ccc1NC(=O)CCN1CCCO1. The average molecular weight is 249 g/mol. The van der Waals surface area contributed by atoms with Crippen LogP contribution in [-0.4, -0.2) is 30.7 Å². The Bertz CT molecular complexity index is 428. The van der Waals surface area contributed by atoms with Gasteiger partial charge in [0.15, 0.2) is 0 Å². The molecule has 0 bridgehead atoms. The molecule has 1 aromatic rings. The minimum atomic E-state index is -0.00151. The number of carbonyl (C=O) groups excluding carboxylic acids is 1. The van der Waals surface area contributed by atoms with Gasteiger partial charge in [-0.1, -0.05) is 0 Å². The minimum Gasteiger partial charge on any atom is -0.399 e. The maximum Gasteiger partial charge on any atom is 0.225 e. The molecule has 1 saturated heterocycles. The van der Waals surface area contributed by atoms with Crippen molar-refractivity contribution in [2.24, 2.45) is 0 Å². The summed E-state index contributed by atoms with van der Waals surface area (Å²) >= 11 is 0. The van der Waals surface area contributed by atoms with Crippen LogP contribution in [0, 0.1) is 6.92 Å². The molecule has 0 aliphatic carbocycles. The zero-order chi connectivity index (χ0) is 13.0. The predicted molar refractivity (Wildman–Crippen MR) is 71.0 cm³/mol. The van der Waals surface area contributed by atoms with Crippen LogP contribution in [0.25, 0.3) is 0 Å². The highest BCUT2D eigenvalue weighted by atomic mass is 16.7. The van der Waals surface area contributed by atoms with Crippen LogP contribution in [0.15, 0.2) is 18.2 Å². The number of anilines is 2.